The normalized spacial score (nSPS) is 10.5. The molecule has 1 rings (SSSR count). The smallest absolute Gasteiger partial charge is 0.311 e. The highest BCUT2D eigenvalue weighted by atomic mass is 16.6. The van der Waals surface area contributed by atoms with Gasteiger partial charge in [-0.25, -0.2) is 0 Å². The lowest BCUT2D eigenvalue weighted by Gasteiger charge is -2.08. The number of nitro benzene ring substituents is 1. The zero-order valence-corrected chi connectivity index (χ0v) is 12.1. The highest BCUT2D eigenvalue weighted by Crippen LogP contribution is 2.28. The van der Waals surface area contributed by atoms with Gasteiger partial charge in [0.15, 0.2) is 5.75 Å². The summed E-state index contributed by atoms with van der Waals surface area (Å²) in [5.41, 5.74) is 0.886. The molecule has 20 heavy (non-hydrogen) atoms. The molecule has 0 radical (unpaired) electrons. The third kappa shape index (κ3) is 5.54. The Morgan fingerprint density at radius 3 is 2.75 bits per heavy atom. The van der Waals surface area contributed by atoms with Crippen LogP contribution in [-0.2, 0) is 11.3 Å². The van der Waals surface area contributed by atoms with Crippen LogP contribution >= 0.6 is 0 Å². The van der Waals surface area contributed by atoms with Crippen molar-refractivity contribution in [2.24, 2.45) is 0 Å². The summed E-state index contributed by atoms with van der Waals surface area (Å²) >= 11 is 0. The van der Waals surface area contributed by atoms with Gasteiger partial charge in [0.05, 0.1) is 11.5 Å². The minimum absolute atomic E-state index is 0.0109. The summed E-state index contributed by atoms with van der Waals surface area (Å²) in [6.45, 7) is 7.03. The van der Waals surface area contributed by atoms with Crippen LogP contribution in [0.3, 0.4) is 0 Å². The minimum Gasteiger partial charge on any atom is -0.487 e. The van der Waals surface area contributed by atoms with E-state index in [1.54, 1.807) is 12.1 Å². The Balaban J connectivity index is 2.62. The van der Waals surface area contributed by atoms with Gasteiger partial charge in [-0.05, 0) is 25.1 Å². The summed E-state index contributed by atoms with van der Waals surface area (Å²) in [5, 5.41) is 14.2. The van der Waals surface area contributed by atoms with Gasteiger partial charge in [-0.3, -0.25) is 10.1 Å². The molecule has 6 nitrogen and oxygen atoms in total. The number of nitro groups is 1. The van der Waals surface area contributed by atoms with E-state index in [-0.39, 0.29) is 5.69 Å². The van der Waals surface area contributed by atoms with Crippen LogP contribution in [0.4, 0.5) is 5.69 Å². The zero-order valence-electron chi connectivity index (χ0n) is 12.1. The van der Waals surface area contributed by atoms with Crippen molar-refractivity contribution in [3.63, 3.8) is 0 Å². The fourth-order valence-electron chi connectivity index (χ4n) is 1.69. The van der Waals surface area contributed by atoms with Gasteiger partial charge < -0.3 is 14.8 Å². The van der Waals surface area contributed by atoms with Crippen LogP contribution in [-0.4, -0.2) is 31.3 Å². The SMILES string of the molecule is CCNCc1ccc(OCCCOCC)c([N+](=O)[O-])c1. The molecule has 1 aromatic carbocycles. The Hall–Kier alpha value is -1.66. The van der Waals surface area contributed by atoms with Crippen LogP contribution < -0.4 is 10.1 Å². The van der Waals surface area contributed by atoms with Crippen molar-refractivity contribution in [3.8, 4) is 5.75 Å². The molecule has 0 bridgehead atoms. The van der Waals surface area contributed by atoms with Crippen molar-refractivity contribution in [1.29, 1.82) is 0 Å². The molecule has 6 heteroatoms. The molecule has 0 fully saturated rings. The van der Waals surface area contributed by atoms with Gasteiger partial charge in [0.25, 0.3) is 0 Å². The van der Waals surface area contributed by atoms with E-state index in [2.05, 4.69) is 5.32 Å². The lowest BCUT2D eigenvalue weighted by atomic mass is 10.2. The first kappa shape index (κ1) is 16.4. The first-order valence-electron chi connectivity index (χ1n) is 6.87. The molecule has 0 unspecified atom stereocenters. The zero-order chi connectivity index (χ0) is 14.8. The summed E-state index contributed by atoms with van der Waals surface area (Å²) in [4.78, 5) is 10.7. The van der Waals surface area contributed by atoms with Crippen LogP contribution in [0, 0.1) is 10.1 Å². The lowest BCUT2D eigenvalue weighted by molar-refractivity contribution is -0.385. The maximum atomic E-state index is 11.1. The number of hydrogen-bond acceptors (Lipinski definition) is 5. The molecule has 0 aromatic heterocycles. The molecule has 0 heterocycles. The van der Waals surface area contributed by atoms with Crippen molar-refractivity contribution in [2.45, 2.75) is 26.8 Å². The number of hydrogen-bond donors (Lipinski definition) is 1. The molecule has 112 valence electrons. The molecule has 0 saturated heterocycles. The second kappa shape index (κ2) is 9.28. The first-order valence-corrected chi connectivity index (χ1v) is 6.87. The van der Waals surface area contributed by atoms with E-state index in [1.165, 1.54) is 0 Å². The van der Waals surface area contributed by atoms with Gasteiger partial charge in [-0.15, -0.1) is 0 Å². The second-order valence-corrected chi connectivity index (χ2v) is 4.24. The van der Waals surface area contributed by atoms with Gasteiger partial charge >= 0.3 is 5.69 Å². The molecule has 0 aliphatic heterocycles. The summed E-state index contributed by atoms with van der Waals surface area (Å²) in [6, 6.07) is 5.06. The van der Waals surface area contributed by atoms with Gasteiger partial charge in [-0.2, -0.15) is 0 Å². The quantitative estimate of drug-likeness (QED) is 0.405. The van der Waals surface area contributed by atoms with Crippen LogP contribution in [0.15, 0.2) is 18.2 Å². The number of rotatable bonds is 10. The van der Waals surface area contributed by atoms with Gasteiger partial charge in [0, 0.05) is 32.2 Å². The molecular formula is C14H22N2O4. The Labute approximate surface area is 119 Å². The van der Waals surface area contributed by atoms with Gasteiger partial charge in [0.1, 0.15) is 0 Å². The molecular weight excluding hydrogens is 260 g/mol. The van der Waals surface area contributed by atoms with Crippen molar-refractivity contribution in [1.82, 2.24) is 5.32 Å². The average Bonchev–Trinajstić information content (AvgIpc) is 2.45. The van der Waals surface area contributed by atoms with Gasteiger partial charge in [-0.1, -0.05) is 13.0 Å². The Morgan fingerprint density at radius 1 is 1.30 bits per heavy atom. The number of nitrogens with zero attached hydrogens (tertiary/aromatic N) is 1. The predicted octanol–water partition coefficient (Wildman–Crippen LogP) is 2.51. The summed E-state index contributed by atoms with van der Waals surface area (Å²) in [7, 11) is 0. The fourth-order valence-corrected chi connectivity index (χ4v) is 1.69. The standard InChI is InChI=1S/C14H22N2O4/c1-3-15-11-12-6-7-14(13(10-12)16(17)18)20-9-5-8-19-4-2/h6-7,10,15H,3-5,8-9,11H2,1-2H3. The first-order chi connectivity index (χ1) is 9.69. The summed E-state index contributed by atoms with van der Waals surface area (Å²) in [5.74, 6) is 0.312. The maximum Gasteiger partial charge on any atom is 0.311 e. The van der Waals surface area contributed by atoms with Crippen LogP contribution in [0.2, 0.25) is 0 Å². The summed E-state index contributed by atoms with van der Waals surface area (Å²) in [6.07, 6.45) is 0.712. The second-order valence-electron chi connectivity index (χ2n) is 4.24. The van der Waals surface area contributed by atoms with E-state index < -0.39 is 4.92 Å². The number of ether oxygens (including phenoxy) is 2. The molecule has 1 N–H and O–H groups in total. The van der Waals surface area contributed by atoms with Crippen LogP contribution in [0.1, 0.15) is 25.8 Å². The van der Waals surface area contributed by atoms with E-state index in [1.807, 2.05) is 19.9 Å². The van der Waals surface area contributed by atoms with Crippen LogP contribution in [0.25, 0.3) is 0 Å². The van der Waals surface area contributed by atoms with E-state index in [0.717, 1.165) is 12.1 Å². The largest absolute Gasteiger partial charge is 0.487 e. The molecule has 0 saturated carbocycles. The van der Waals surface area contributed by atoms with Gasteiger partial charge in [0.2, 0.25) is 0 Å². The minimum atomic E-state index is -0.409. The van der Waals surface area contributed by atoms with E-state index in [4.69, 9.17) is 9.47 Å². The highest BCUT2D eigenvalue weighted by Gasteiger charge is 2.15. The van der Waals surface area contributed by atoms with Crippen molar-refractivity contribution in [2.75, 3.05) is 26.4 Å². The predicted molar refractivity (Wildman–Crippen MR) is 77.1 cm³/mol. The third-order valence-electron chi connectivity index (χ3n) is 2.69. The summed E-state index contributed by atoms with van der Waals surface area (Å²) < 4.78 is 10.7. The fraction of sp³-hybridized carbons (Fsp3) is 0.571. The Morgan fingerprint density at radius 2 is 2.10 bits per heavy atom. The highest BCUT2D eigenvalue weighted by molar-refractivity contribution is 5.48. The maximum absolute atomic E-state index is 11.1. The van der Waals surface area contributed by atoms with Crippen molar-refractivity contribution < 1.29 is 14.4 Å². The van der Waals surface area contributed by atoms with E-state index in [0.29, 0.717) is 38.5 Å². The molecule has 0 aliphatic rings. The van der Waals surface area contributed by atoms with E-state index >= 15 is 0 Å². The monoisotopic (exact) mass is 282 g/mol. The Kier molecular flexibility index (Phi) is 7.60. The van der Waals surface area contributed by atoms with Crippen molar-refractivity contribution >= 4 is 5.69 Å². The van der Waals surface area contributed by atoms with Crippen LogP contribution in [0.5, 0.6) is 5.75 Å². The molecule has 0 atom stereocenters. The van der Waals surface area contributed by atoms with Crippen molar-refractivity contribution in [3.05, 3.63) is 33.9 Å². The Bertz CT molecular complexity index is 424. The molecule has 0 aliphatic carbocycles. The third-order valence-corrected chi connectivity index (χ3v) is 2.69. The number of benzene rings is 1. The van der Waals surface area contributed by atoms with E-state index in [9.17, 15) is 10.1 Å². The number of nitrogens with one attached hydrogen (secondary N) is 1. The average molecular weight is 282 g/mol. The molecule has 0 amide bonds. The topological polar surface area (TPSA) is 73.6 Å². The lowest BCUT2D eigenvalue weighted by Crippen LogP contribution is -2.12. The molecule has 1 aromatic rings. The molecule has 0 spiro atoms.